The Balaban J connectivity index is 0.00000192. The molecule has 1 amide bonds. The number of hydrogen-bond donors (Lipinski definition) is 1. The zero-order valence-corrected chi connectivity index (χ0v) is 14.6. The average Bonchev–Trinajstić information content (AvgIpc) is 3.08. The van der Waals surface area contributed by atoms with Gasteiger partial charge in [-0.25, -0.2) is 4.98 Å². The summed E-state index contributed by atoms with van der Waals surface area (Å²) in [4.78, 5) is 19.3. The zero-order chi connectivity index (χ0) is 15.7. The number of halogens is 1. The first kappa shape index (κ1) is 17.8. The molecule has 1 fully saturated rings. The van der Waals surface area contributed by atoms with E-state index in [4.69, 9.17) is 5.73 Å². The maximum absolute atomic E-state index is 12.7. The van der Waals surface area contributed by atoms with Crippen LogP contribution in [0.1, 0.15) is 26.1 Å². The number of hydrogen-bond acceptors (Lipinski definition) is 3. The van der Waals surface area contributed by atoms with E-state index in [9.17, 15) is 4.79 Å². The van der Waals surface area contributed by atoms with E-state index in [1.807, 2.05) is 29.2 Å². The minimum Gasteiger partial charge on any atom is -0.338 e. The van der Waals surface area contributed by atoms with Crippen LogP contribution >= 0.6 is 12.4 Å². The fourth-order valence-electron chi connectivity index (χ4n) is 3.46. The molecule has 2 aromatic rings. The molecule has 2 heterocycles. The number of imidazole rings is 1. The van der Waals surface area contributed by atoms with Gasteiger partial charge in [-0.05, 0) is 37.9 Å². The highest BCUT2D eigenvalue weighted by atomic mass is 35.5. The van der Waals surface area contributed by atoms with Crippen molar-refractivity contribution in [1.29, 1.82) is 0 Å². The molecule has 0 spiro atoms. The largest absolute Gasteiger partial charge is 0.338 e. The van der Waals surface area contributed by atoms with E-state index >= 15 is 0 Å². The molecule has 5 nitrogen and oxygen atoms in total. The Morgan fingerprint density at radius 3 is 2.78 bits per heavy atom. The van der Waals surface area contributed by atoms with Gasteiger partial charge in [0.15, 0.2) is 0 Å². The molecule has 2 unspecified atom stereocenters. The van der Waals surface area contributed by atoms with Crippen LogP contribution < -0.4 is 5.73 Å². The van der Waals surface area contributed by atoms with Crippen LogP contribution in [0.5, 0.6) is 0 Å². The molecule has 0 radical (unpaired) electrons. The van der Waals surface area contributed by atoms with E-state index < -0.39 is 0 Å². The van der Waals surface area contributed by atoms with Gasteiger partial charge in [0.05, 0.1) is 11.0 Å². The van der Waals surface area contributed by atoms with Crippen LogP contribution in [0.25, 0.3) is 11.0 Å². The molecular weight excluding hydrogens is 312 g/mol. The molecule has 126 valence electrons. The van der Waals surface area contributed by atoms with Crippen LogP contribution in [-0.4, -0.2) is 39.5 Å². The Morgan fingerprint density at radius 1 is 1.39 bits per heavy atom. The van der Waals surface area contributed by atoms with Crippen molar-refractivity contribution in [3.05, 3.63) is 30.1 Å². The summed E-state index contributed by atoms with van der Waals surface area (Å²) in [6.07, 6.45) is 1.83. The van der Waals surface area contributed by atoms with E-state index in [0.717, 1.165) is 36.2 Å². The van der Waals surface area contributed by atoms with Crippen LogP contribution in [0.4, 0.5) is 0 Å². The highest BCUT2D eigenvalue weighted by molar-refractivity contribution is 5.85. The van der Waals surface area contributed by atoms with Crippen molar-refractivity contribution in [3.63, 3.8) is 0 Å². The third-order valence-electron chi connectivity index (χ3n) is 4.66. The standard InChI is InChI=1S/C17H24N4O.ClH/c1-3-16-19-14-6-4-5-7-15(14)21(16)11-17(22)20-10-13(9-18)8-12(20)2;/h4-7,12-13H,3,8-11,18H2,1-2H3;1H. The summed E-state index contributed by atoms with van der Waals surface area (Å²) < 4.78 is 2.06. The van der Waals surface area contributed by atoms with Gasteiger partial charge < -0.3 is 15.2 Å². The highest BCUT2D eigenvalue weighted by Gasteiger charge is 2.31. The predicted octanol–water partition coefficient (Wildman–Crippen LogP) is 2.22. The zero-order valence-electron chi connectivity index (χ0n) is 13.7. The predicted molar refractivity (Wildman–Crippen MR) is 94.7 cm³/mol. The Hall–Kier alpha value is -1.59. The number of para-hydroxylation sites is 2. The number of rotatable bonds is 4. The van der Waals surface area contributed by atoms with Gasteiger partial charge >= 0.3 is 0 Å². The number of benzene rings is 1. The molecule has 1 aliphatic rings. The van der Waals surface area contributed by atoms with Crippen molar-refractivity contribution in [2.75, 3.05) is 13.1 Å². The van der Waals surface area contributed by atoms with Crippen molar-refractivity contribution in [1.82, 2.24) is 14.5 Å². The molecule has 0 aliphatic carbocycles. The Labute approximate surface area is 143 Å². The lowest BCUT2D eigenvalue weighted by Crippen LogP contribution is -2.37. The summed E-state index contributed by atoms with van der Waals surface area (Å²) in [5.74, 6) is 1.57. The number of nitrogens with two attached hydrogens (primary N) is 1. The van der Waals surface area contributed by atoms with E-state index in [1.165, 1.54) is 0 Å². The average molecular weight is 337 g/mol. The Morgan fingerprint density at radius 2 is 2.13 bits per heavy atom. The first-order chi connectivity index (χ1) is 10.6. The van der Waals surface area contributed by atoms with Gasteiger partial charge in [-0.15, -0.1) is 12.4 Å². The van der Waals surface area contributed by atoms with Crippen LogP contribution in [0.2, 0.25) is 0 Å². The second kappa shape index (κ2) is 7.32. The molecule has 2 N–H and O–H groups in total. The molecule has 6 heteroatoms. The van der Waals surface area contributed by atoms with E-state index in [-0.39, 0.29) is 24.4 Å². The maximum Gasteiger partial charge on any atom is 0.242 e. The van der Waals surface area contributed by atoms with E-state index in [1.54, 1.807) is 0 Å². The summed E-state index contributed by atoms with van der Waals surface area (Å²) in [5.41, 5.74) is 7.76. The van der Waals surface area contributed by atoms with Gasteiger partial charge in [0, 0.05) is 19.0 Å². The lowest BCUT2D eigenvalue weighted by Gasteiger charge is -2.22. The topological polar surface area (TPSA) is 64.2 Å². The first-order valence-corrected chi connectivity index (χ1v) is 8.07. The Kier molecular flexibility index (Phi) is 5.65. The fraction of sp³-hybridized carbons (Fsp3) is 0.529. The van der Waals surface area contributed by atoms with Crippen LogP contribution in [0.3, 0.4) is 0 Å². The smallest absolute Gasteiger partial charge is 0.242 e. The normalized spacial score (nSPS) is 20.7. The number of fused-ring (bicyclic) bond motifs is 1. The maximum atomic E-state index is 12.7. The molecule has 2 atom stereocenters. The monoisotopic (exact) mass is 336 g/mol. The summed E-state index contributed by atoms with van der Waals surface area (Å²) in [7, 11) is 0. The lowest BCUT2D eigenvalue weighted by atomic mass is 10.1. The quantitative estimate of drug-likeness (QED) is 0.931. The van der Waals surface area contributed by atoms with Crippen molar-refractivity contribution in [3.8, 4) is 0 Å². The van der Waals surface area contributed by atoms with Crippen LogP contribution in [0.15, 0.2) is 24.3 Å². The van der Waals surface area contributed by atoms with Gasteiger partial charge in [0.25, 0.3) is 0 Å². The highest BCUT2D eigenvalue weighted by Crippen LogP contribution is 2.23. The molecule has 1 aliphatic heterocycles. The van der Waals surface area contributed by atoms with Gasteiger partial charge in [0.1, 0.15) is 12.4 Å². The number of carbonyl (C=O) groups excluding carboxylic acids is 1. The van der Waals surface area contributed by atoms with Gasteiger partial charge in [-0.1, -0.05) is 19.1 Å². The molecule has 23 heavy (non-hydrogen) atoms. The van der Waals surface area contributed by atoms with E-state index in [2.05, 4.69) is 23.4 Å². The van der Waals surface area contributed by atoms with Gasteiger partial charge in [-0.3, -0.25) is 4.79 Å². The summed E-state index contributed by atoms with van der Waals surface area (Å²) in [6.45, 7) is 5.99. The minimum absolute atomic E-state index is 0. The van der Waals surface area contributed by atoms with Crippen LogP contribution in [0, 0.1) is 5.92 Å². The third-order valence-corrected chi connectivity index (χ3v) is 4.66. The molecular formula is C17H25ClN4O. The van der Waals surface area contributed by atoms with Crippen molar-refractivity contribution in [2.45, 2.75) is 39.3 Å². The van der Waals surface area contributed by atoms with Gasteiger partial charge in [0.2, 0.25) is 5.91 Å². The van der Waals surface area contributed by atoms with Crippen molar-refractivity contribution in [2.24, 2.45) is 11.7 Å². The number of carbonyl (C=O) groups is 1. The Bertz CT molecular complexity index is 684. The molecule has 1 aromatic heterocycles. The number of amides is 1. The molecule has 0 bridgehead atoms. The molecule has 1 saturated heterocycles. The molecule has 0 saturated carbocycles. The SMILES string of the molecule is CCc1nc2ccccc2n1CC(=O)N1CC(CN)CC1C.Cl. The number of aromatic nitrogens is 2. The van der Waals surface area contributed by atoms with Crippen molar-refractivity contribution >= 4 is 29.3 Å². The first-order valence-electron chi connectivity index (χ1n) is 8.07. The van der Waals surface area contributed by atoms with E-state index in [0.29, 0.717) is 19.0 Å². The summed E-state index contributed by atoms with van der Waals surface area (Å²) in [5, 5.41) is 0. The minimum atomic E-state index is 0. The van der Waals surface area contributed by atoms with Crippen molar-refractivity contribution < 1.29 is 4.79 Å². The number of nitrogens with zero attached hydrogens (tertiary/aromatic N) is 3. The number of likely N-dealkylation sites (tertiary alicyclic amines) is 1. The second-order valence-electron chi connectivity index (χ2n) is 6.19. The second-order valence-corrected chi connectivity index (χ2v) is 6.19. The number of aryl methyl sites for hydroxylation is 1. The summed E-state index contributed by atoms with van der Waals surface area (Å²) in [6, 6.07) is 8.28. The fourth-order valence-corrected chi connectivity index (χ4v) is 3.46. The van der Waals surface area contributed by atoms with Gasteiger partial charge in [-0.2, -0.15) is 0 Å². The van der Waals surface area contributed by atoms with Crippen LogP contribution in [-0.2, 0) is 17.8 Å². The summed E-state index contributed by atoms with van der Waals surface area (Å²) >= 11 is 0. The molecule has 1 aromatic carbocycles. The third kappa shape index (κ3) is 3.35. The lowest BCUT2D eigenvalue weighted by molar-refractivity contribution is -0.132. The molecule has 3 rings (SSSR count).